The average molecular weight is 227 g/mol. The number of rotatable bonds is 2. The van der Waals surface area contributed by atoms with Crippen molar-refractivity contribution in [2.75, 3.05) is 0 Å². The zero-order chi connectivity index (χ0) is 12.6. The van der Waals surface area contributed by atoms with Crippen molar-refractivity contribution in [1.29, 1.82) is 0 Å². The van der Waals surface area contributed by atoms with Gasteiger partial charge in [0.15, 0.2) is 0 Å². The molecular weight excluding hydrogens is 206 g/mol. The fourth-order valence-electron chi connectivity index (χ4n) is 1.94. The van der Waals surface area contributed by atoms with Gasteiger partial charge in [0.1, 0.15) is 5.60 Å². The summed E-state index contributed by atoms with van der Waals surface area (Å²) in [6.07, 6.45) is 0.859. The molecule has 0 aliphatic carbocycles. The van der Waals surface area contributed by atoms with Gasteiger partial charge in [0, 0.05) is 5.54 Å². The number of carbonyl (C=O) groups is 2. The third-order valence-corrected chi connectivity index (χ3v) is 2.42. The van der Waals surface area contributed by atoms with E-state index < -0.39 is 5.60 Å². The molecular formula is C12H21NO3. The lowest BCUT2D eigenvalue weighted by Gasteiger charge is -2.20. The highest BCUT2D eigenvalue weighted by Crippen LogP contribution is 2.27. The number of esters is 1. The van der Waals surface area contributed by atoms with Crippen LogP contribution in [0.5, 0.6) is 0 Å². The van der Waals surface area contributed by atoms with E-state index in [1.165, 1.54) is 0 Å². The van der Waals surface area contributed by atoms with E-state index in [1.54, 1.807) is 0 Å². The van der Waals surface area contributed by atoms with E-state index in [-0.39, 0.29) is 29.8 Å². The topological polar surface area (TPSA) is 55.4 Å². The van der Waals surface area contributed by atoms with Crippen LogP contribution in [0.1, 0.15) is 47.5 Å². The van der Waals surface area contributed by atoms with E-state index >= 15 is 0 Å². The van der Waals surface area contributed by atoms with E-state index in [0.29, 0.717) is 6.42 Å². The Labute approximate surface area is 96.7 Å². The van der Waals surface area contributed by atoms with E-state index in [9.17, 15) is 9.59 Å². The monoisotopic (exact) mass is 227 g/mol. The van der Waals surface area contributed by atoms with Crippen molar-refractivity contribution in [3.63, 3.8) is 0 Å². The van der Waals surface area contributed by atoms with Gasteiger partial charge in [-0.1, -0.05) is 0 Å². The van der Waals surface area contributed by atoms with Gasteiger partial charge in [-0.05, 0) is 41.0 Å². The number of carbonyl (C=O) groups excluding carboxylic acids is 2. The summed E-state index contributed by atoms with van der Waals surface area (Å²) >= 11 is 0. The van der Waals surface area contributed by atoms with Crippen LogP contribution >= 0.6 is 0 Å². The molecule has 0 aromatic carbocycles. The maximum atomic E-state index is 11.6. The Morgan fingerprint density at radius 1 is 1.50 bits per heavy atom. The molecule has 1 unspecified atom stereocenters. The van der Waals surface area contributed by atoms with Crippen LogP contribution in [0.15, 0.2) is 0 Å². The maximum Gasteiger partial charge on any atom is 0.307 e. The Bertz CT molecular complexity index is 302. The van der Waals surface area contributed by atoms with Gasteiger partial charge in [0.25, 0.3) is 0 Å². The van der Waals surface area contributed by atoms with Crippen LogP contribution in [-0.4, -0.2) is 23.0 Å². The van der Waals surface area contributed by atoms with Gasteiger partial charge in [-0.15, -0.1) is 0 Å². The van der Waals surface area contributed by atoms with Crippen LogP contribution in [0.2, 0.25) is 0 Å². The predicted molar refractivity (Wildman–Crippen MR) is 60.8 cm³/mol. The van der Waals surface area contributed by atoms with Gasteiger partial charge in [0.2, 0.25) is 5.91 Å². The lowest BCUT2D eigenvalue weighted by Crippen LogP contribution is -2.34. The molecule has 0 aromatic heterocycles. The van der Waals surface area contributed by atoms with E-state index in [4.69, 9.17) is 4.74 Å². The first-order valence-electron chi connectivity index (χ1n) is 5.63. The van der Waals surface area contributed by atoms with Gasteiger partial charge in [-0.3, -0.25) is 9.59 Å². The molecule has 1 N–H and O–H groups in total. The van der Waals surface area contributed by atoms with Gasteiger partial charge >= 0.3 is 5.97 Å². The first-order valence-corrected chi connectivity index (χ1v) is 5.63. The summed E-state index contributed by atoms with van der Waals surface area (Å²) in [5.74, 6) is -0.592. The van der Waals surface area contributed by atoms with Crippen LogP contribution in [-0.2, 0) is 14.3 Å². The summed E-state index contributed by atoms with van der Waals surface area (Å²) in [6.45, 7) is 9.39. The van der Waals surface area contributed by atoms with Gasteiger partial charge < -0.3 is 10.1 Å². The van der Waals surface area contributed by atoms with E-state index in [0.717, 1.165) is 0 Å². The molecule has 1 aliphatic heterocycles. The fourth-order valence-corrected chi connectivity index (χ4v) is 1.94. The highest BCUT2D eigenvalue weighted by molar-refractivity contribution is 5.86. The second-order valence-corrected chi connectivity index (χ2v) is 6.06. The quantitative estimate of drug-likeness (QED) is 0.729. The second-order valence-electron chi connectivity index (χ2n) is 6.06. The standard InChI is InChI=1S/C12H21NO3/c1-11(2,3)16-9(14)6-8-7-12(4,5)13-10(8)15/h8H,6-7H2,1-5H3,(H,13,15). The first-order chi connectivity index (χ1) is 7.09. The minimum Gasteiger partial charge on any atom is -0.460 e. The van der Waals surface area contributed by atoms with E-state index in [2.05, 4.69) is 5.32 Å². The minimum atomic E-state index is -0.484. The Hall–Kier alpha value is -1.06. The van der Waals surface area contributed by atoms with Crippen molar-refractivity contribution in [1.82, 2.24) is 5.32 Å². The molecule has 0 spiro atoms. The maximum absolute atomic E-state index is 11.6. The van der Waals surface area contributed by atoms with E-state index in [1.807, 2.05) is 34.6 Å². The molecule has 1 atom stereocenters. The molecule has 0 aromatic rings. The summed E-state index contributed by atoms with van der Waals surface area (Å²) in [6, 6.07) is 0. The summed E-state index contributed by atoms with van der Waals surface area (Å²) in [4.78, 5) is 23.1. The Morgan fingerprint density at radius 2 is 2.06 bits per heavy atom. The highest BCUT2D eigenvalue weighted by atomic mass is 16.6. The molecule has 1 rings (SSSR count). The van der Waals surface area contributed by atoms with Crippen molar-refractivity contribution in [2.24, 2.45) is 5.92 Å². The van der Waals surface area contributed by atoms with Crippen molar-refractivity contribution < 1.29 is 14.3 Å². The summed E-state index contributed by atoms with van der Waals surface area (Å²) in [5, 5.41) is 2.86. The Morgan fingerprint density at radius 3 is 2.44 bits per heavy atom. The number of hydrogen-bond donors (Lipinski definition) is 1. The van der Waals surface area contributed by atoms with Crippen molar-refractivity contribution in [3.05, 3.63) is 0 Å². The molecule has 1 fully saturated rings. The normalized spacial score (nSPS) is 24.1. The smallest absolute Gasteiger partial charge is 0.307 e. The zero-order valence-electron chi connectivity index (χ0n) is 10.7. The molecule has 4 nitrogen and oxygen atoms in total. The van der Waals surface area contributed by atoms with Crippen molar-refractivity contribution >= 4 is 11.9 Å². The van der Waals surface area contributed by atoms with Crippen molar-refractivity contribution in [2.45, 2.75) is 58.6 Å². The SMILES string of the molecule is CC1(C)CC(CC(=O)OC(C)(C)C)C(=O)N1. The molecule has 1 heterocycles. The zero-order valence-corrected chi connectivity index (χ0v) is 10.7. The number of amides is 1. The third-order valence-electron chi connectivity index (χ3n) is 2.42. The largest absolute Gasteiger partial charge is 0.460 e. The first kappa shape index (κ1) is 13.0. The minimum absolute atomic E-state index is 0.0455. The molecule has 16 heavy (non-hydrogen) atoms. The van der Waals surface area contributed by atoms with Crippen LogP contribution in [0.4, 0.5) is 0 Å². The van der Waals surface area contributed by atoms with Gasteiger partial charge in [-0.25, -0.2) is 0 Å². The molecule has 4 heteroatoms. The van der Waals surface area contributed by atoms with Crippen LogP contribution in [0, 0.1) is 5.92 Å². The number of nitrogens with one attached hydrogen (secondary N) is 1. The lowest BCUT2D eigenvalue weighted by atomic mass is 9.94. The number of hydrogen-bond acceptors (Lipinski definition) is 3. The third kappa shape index (κ3) is 3.83. The molecule has 1 aliphatic rings. The second kappa shape index (κ2) is 4.07. The Kier molecular flexibility index (Phi) is 3.31. The summed E-state index contributed by atoms with van der Waals surface area (Å²) < 4.78 is 5.20. The predicted octanol–water partition coefficient (Wildman–Crippen LogP) is 1.63. The number of ether oxygens (including phenoxy) is 1. The molecule has 0 saturated carbocycles. The summed E-state index contributed by atoms with van der Waals surface area (Å²) in [5.41, 5.74) is -0.689. The van der Waals surface area contributed by atoms with Crippen molar-refractivity contribution in [3.8, 4) is 0 Å². The Balaban J connectivity index is 2.50. The van der Waals surface area contributed by atoms with Gasteiger partial charge in [-0.2, -0.15) is 0 Å². The highest BCUT2D eigenvalue weighted by Gasteiger charge is 2.38. The summed E-state index contributed by atoms with van der Waals surface area (Å²) in [7, 11) is 0. The molecule has 0 bridgehead atoms. The van der Waals surface area contributed by atoms with Gasteiger partial charge in [0.05, 0.1) is 12.3 Å². The van der Waals surface area contributed by atoms with Crippen LogP contribution in [0.25, 0.3) is 0 Å². The van der Waals surface area contributed by atoms with Crippen LogP contribution < -0.4 is 5.32 Å². The molecule has 1 amide bonds. The van der Waals surface area contributed by atoms with Crippen LogP contribution in [0.3, 0.4) is 0 Å². The molecule has 1 saturated heterocycles. The lowest BCUT2D eigenvalue weighted by molar-refractivity contribution is -0.156. The average Bonchev–Trinajstić information content (AvgIpc) is 2.19. The molecule has 0 radical (unpaired) electrons. The fraction of sp³-hybridized carbons (Fsp3) is 0.833. The molecule has 92 valence electrons.